The summed E-state index contributed by atoms with van der Waals surface area (Å²) in [6.45, 7) is 0. The Morgan fingerprint density at radius 2 is 0.943 bits per heavy atom. The predicted octanol–water partition coefficient (Wildman–Crippen LogP) is 11.5. The van der Waals surface area contributed by atoms with E-state index in [-0.39, 0.29) is 15.8 Å². The molecule has 0 aliphatic carbocycles. The van der Waals surface area contributed by atoms with Gasteiger partial charge in [-0.15, -0.1) is 0 Å². The highest BCUT2D eigenvalue weighted by atomic mass is 32.2. The Labute approximate surface area is 320 Å². The Balaban J connectivity index is 1.09. The molecule has 1 aromatic heterocycles. The summed E-state index contributed by atoms with van der Waals surface area (Å²) in [7, 11) is -4.93. The predicted molar refractivity (Wildman–Crippen MR) is 218 cm³/mol. The maximum Gasteiger partial charge on any atom is 0.294 e. The molecule has 0 amide bonds. The molecular weight excluding hydrogens is 731 g/mol. The van der Waals surface area contributed by atoms with E-state index < -0.39 is 21.0 Å². The Hall–Kier alpha value is -5.09. The molecule has 0 spiro atoms. The van der Waals surface area contributed by atoms with Crippen molar-refractivity contribution in [3.05, 3.63) is 194 Å². The summed E-state index contributed by atoms with van der Waals surface area (Å²) in [5.41, 5.74) is 2.44. The summed E-state index contributed by atoms with van der Waals surface area (Å²) in [5, 5.41) is 0.638. The minimum atomic E-state index is -4.31. The quantitative estimate of drug-likeness (QED) is 0.111. The molecule has 1 atom stereocenters. The largest absolute Gasteiger partial charge is 0.294 e. The molecule has 258 valence electrons. The van der Waals surface area contributed by atoms with Crippen LogP contribution in [0.2, 0.25) is 0 Å². The fourth-order valence-electron chi connectivity index (χ4n) is 6.16. The van der Waals surface area contributed by atoms with E-state index in [9.17, 15) is 13.0 Å². The van der Waals surface area contributed by atoms with Gasteiger partial charge in [0.2, 0.25) is 0 Å². The van der Waals surface area contributed by atoms with Crippen molar-refractivity contribution in [2.45, 2.75) is 44.1 Å². The van der Waals surface area contributed by atoms with Crippen molar-refractivity contribution in [1.29, 1.82) is 0 Å². The zero-order chi connectivity index (χ0) is 36.2. The average molecular weight is 764 g/mol. The molecule has 0 aliphatic heterocycles. The topological polar surface area (TPSA) is 67.3 Å². The first-order valence-electron chi connectivity index (χ1n) is 16.9. The van der Waals surface area contributed by atoms with Crippen molar-refractivity contribution in [3.63, 3.8) is 0 Å². The van der Waals surface area contributed by atoms with Gasteiger partial charge in [-0.05, 0) is 121 Å². The highest BCUT2D eigenvalue weighted by Crippen LogP contribution is 2.39. The highest BCUT2D eigenvalue weighted by Gasteiger charge is 2.32. The van der Waals surface area contributed by atoms with Gasteiger partial charge in [-0.25, -0.2) is 4.98 Å². The molecular formula is C45H33NO3S4+2. The lowest BCUT2D eigenvalue weighted by Gasteiger charge is -2.13. The van der Waals surface area contributed by atoms with Crippen LogP contribution in [0.3, 0.4) is 0 Å². The lowest BCUT2D eigenvalue weighted by Crippen LogP contribution is -2.07. The smallest absolute Gasteiger partial charge is 0.282 e. The maximum atomic E-state index is 11.7. The van der Waals surface area contributed by atoms with E-state index >= 15 is 0 Å². The van der Waals surface area contributed by atoms with E-state index in [0.29, 0.717) is 10.9 Å². The molecule has 1 heterocycles. The minimum absolute atomic E-state index is 0.149. The Morgan fingerprint density at radius 3 is 1.49 bits per heavy atom. The van der Waals surface area contributed by atoms with E-state index in [1.807, 2.05) is 24.3 Å². The van der Waals surface area contributed by atoms with E-state index in [1.54, 1.807) is 17.8 Å². The first kappa shape index (κ1) is 35.0. The molecule has 0 bridgehead atoms. The Morgan fingerprint density at radius 1 is 0.472 bits per heavy atom. The van der Waals surface area contributed by atoms with Crippen LogP contribution in [0.25, 0.3) is 22.2 Å². The third kappa shape index (κ3) is 7.83. The number of fused-ring (bicyclic) bond motifs is 1. The minimum Gasteiger partial charge on any atom is -0.282 e. The first-order valence-corrected chi connectivity index (χ1v) is 21.6. The SMILES string of the molecule is O=S(=O)(O)c1ccc2nc(-c3ccccc3[S+](c3ccccc3)c3ccc(Sc4ccc([S+](c5ccccc5)c5ccccc5)cc4)cc3)ccc2c1. The summed E-state index contributed by atoms with van der Waals surface area (Å²) in [5.74, 6) is 0. The monoisotopic (exact) mass is 763 g/mol. The maximum absolute atomic E-state index is 11.7. The molecule has 0 fully saturated rings. The van der Waals surface area contributed by atoms with Crippen LogP contribution in [0.1, 0.15) is 0 Å². The second kappa shape index (κ2) is 15.5. The van der Waals surface area contributed by atoms with Crippen molar-refractivity contribution in [2.75, 3.05) is 0 Å². The summed E-state index contributed by atoms with van der Waals surface area (Å²) in [6.07, 6.45) is 0. The molecule has 53 heavy (non-hydrogen) atoms. The number of hydrogen-bond donors (Lipinski definition) is 1. The molecule has 7 aromatic carbocycles. The van der Waals surface area contributed by atoms with Gasteiger partial charge in [0.05, 0.1) is 43.5 Å². The number of hydrogen-bond acceptors (Lipinski definition) is 4. The van der Waals surface area contributed by atoms with E-state index in [4.69, 9.17) is 4.98 Å². The van der Waals surface area contributed by atoms with Crippen molar-refractivity contribution in [2.24, 2.45) is 0 Å². The summed E-state index contributed by atoms with van der Waals surface area (Å²) < 4.78 is 33.0. The molecule has 1 N–H and O–H groups in total. The van der Waals surface area contributed by atoms with Crippen LogP contribution in [-0.2, 0) is 31.9 Å². The lowest BCUT2D eigenvalue weighted by atomic mass is 10.1. The van der Waals surface area contributed by atoms with E-state index in [2.05, 4.69) is 152 Å². The zero-order valence-corrected chi connectivity index (χ0v) is 31.6. The van der Waals surface area contributed by atoms with Gasteiger partial charge in [0.1, 0.15) is 0 Å². The highest BCUT2D eigenvalue weighted by molar-refractivity contribution is 7.99. The average Bonchev–Trinajstić information content (AvgIpc) is 3.20. The van der Waals surface area contributed by atoms with Crippen LogP contribution in [0, 0.1) is 0 Å². The van der Waals surface area contributed by atoms with Gasteiger partial charge in [0, 0.05) is 15.2 Å². The second-order valence-corrected chi connectivity index (χ2v) is 18.7. The number of benzene rings is 7. The van der Waals surface area contributed by atoms with Gasteiger partial charge in [0.15, 0.2) is 29.4 Å². The first-order chi connectivity index (χ1) is 25.9. The summed E-state index contributed by atoms with van der Waals surface area (Å²) >= 11 is 1.76. The Kier molecular flexibility index (Phi) is 10.2. The molecule has 8 rings (SSSR count). The van der Waals surface area contributed by atoms with Gasteiger partial charge in [-0.3, -0.25) is 4.55 Å². The van der Waals surface area contributed by atoms with E-state index in [0.717, 1.165) is 21.0 Å². The summed E-state index contributed by atoms with van der Waals surface area (Å²) in [4.78, 5) is 14.6. The molecule has 0 saturated heterocycles. The van der Waals surface area contributed by atoms with Crippen LogP contribution in [0.15, 0.2) is 238 Å². The third-order valence-electron chi connectivity index (χ3n) is 8.63. The fraction of sp³-hybridized carbons (Fsp3) is 0. The second-order valence-electron chi connectivity index (χ2n) is 12.1. The van der Waals surface area contributed by atoms with Crippen molar-refractivity contribution in [3.8, 4) is 11.3 Å². The third-order valence-corrected chi connectivity index (χ3v) is 15.0. The molecule has 4 nitrogen and oxygen atoms in total. The number of rotatable bonds is 10. The zero-order valence-electron chi connectivity index (χ0n) is 28.3. The van der Waals surface area contributed by atoms with Crippen LogP contribution >= 0.6 is 11.8 Å². The van der Waals surface area contributed by atoms with Crippen molar-refractivity contribution in [1.82, 2.24) is 4.98 Å². The van der Waals surface area contributed by atoms with Gasteiger partial charge in [-0.2, -0.15) is 8.42 Å². The van der Waals surface area contributed by atoms with Gasteiger partial charge in [0.25, 0.3) is 10.1 Å². The molecule has 8 heteroatoms. The summed E-state index contributed by atoms with van der Waals surface area (Å²) in [6, 6.07) is 66.4. The van der Waals surface area contributed by atoms with E-state index in [1.165, 1.54) is 41.5 Å². The van der Waals surface area contributed by atoms with Gasteiger partial charge >= 0.3 is 0 Å². The van der Waals surface area contributed by atoms with Crippen molar-refractivity contribution < 1.29 is 13.0 Å². The van der Waals surface area contributed by atoms with Gasteiger partial charge in [-0.1, -0.05) is 84.6 Å². The van der Waals surface area contributed by atoms with Crippen LogP contribution in [-0.4, -0.2) is 18.0 Å². The Bertz CT molecular complexity index is 2560. The molecule has 0 saturated carbocycles. The standard InChI is InChI=1S/C45H32NO3S4/c47-53(48,49)41-29-31-43-33(32-41)20-30-44(46-43)42-18-10-11-19-45(42)52(38-16-8-3-9-17-38)40-27-23-35(24-28-40)50-34-21-25-39(26-22-34)51(36-12-4-1-5-13-36)37-14-6-2-7-15-37/h1-32H/q+1/p+1. The molecule has 8 aromatic rings. The fourth-order valence-corrected chi connectivity index (χ4v) is 11.8. The molecule has 1 unspecified atom stereocenters. The number of aromatic nitrogens is 1. The van der Waals surface area contributed by atoms with Gasteiger partial charge < -0.3 is 0 Å². The lowest BCUT2D eigenvalue weighted by molar-refractivity contribution is 0.483. The number of pyridine rings is 1. The molecule has 0 radical (unpaired) electrons. The normalized spacial score (nSPS) is 12.2. The van der Waals surface area contributed by atoms with Crippen LogP contribution in [0.4, 0.5) is 0 Å². The van der Waals surface area contributed by atoms with Crippen molar-refractivity contribution >= 4 is 54.6 Å². The van der Waals surface area contributed by atoms with Crippen LogP contribution < -0.4 is 0 Å². The van der Waals surface area contributed by atoms with Crippen LogP contribution in [0.5, 0.6) is 0 Å². The number of nitrogens with zero attached hydrogens (tertiary/aromatic N) is 1. The molecule has 0 aliphatic rings.